The van der Waals surface area contributed by atoms with Crippen molar-refractivity contribution in [3.8, 4) is 17.2 Å². The quantitative estimate of drug-likeness (QED) is 0.183. The maximum atomic E-state index is 14.2. The van der Waals surface area contributed by atoms with Gasteiger partial charge in [0.1, 0.15) is 11.3 Å². The van der Waals surface area contributed by atoms with E-state index in [1.807, 2.05) is 36.4 Å². The highest BCUT2D eigenvalue weighted by Crippen LogP contribution is 2.55. The fourth-order valence-corrected chi connectivity index (χ4v) is 7.47. The molecule has 44 heavy (non-hydrogen) atoms. The Labute approximate surface area is 252 Å². The molecule has 0 spiro atoms. The fraction of sp³-hybridized carbons (Fsp3) is 0.194. The van der Waals surface area contributed by atoms with Crippen LogP contribution in [0.15, 0.2) is 112 Å². The summed E-state index contributed by atoms with van der Waals surface area (Å²) in [6, 6.07) is 21.1. The van der Waals surface area contributed by atoms with Gasteiger partial charge < -0.3 is 9.52 Å². The van der Waals surface area contributed by atoms with E-state index in [1.54, 1.807) is 49.4 Å². The zero-order valence-corrected chi connectivity index (χ0v) is 23.7. The van der Waals surface area contributed by atoms with Crippen LogP contribution in [0.2, 0.25) is 0 Å². The number of amides is 2. The molecule has 216 valence electrons. The molecule has 3 aromatic carbocycles. The van der Waals surface area contributed by atoms with Crippen LogP contribution in [0.25, 0.3) is 22.6 Å². The molecule has 1 aliphatic heterocycles. The lowest BCUT2D eigenvalue weighted by atomic mass is 9.59. The maximum Gasteiger partial charge on any atom is 0.238 e. The SMILES string of the molecule is CC1=CC(=O)C2=C(C[C@@H]3C(=CC[C@@H]4C(=O)N(c5ccc(-c6nc7ccccc7o6)cc5)C(=O)[C@@H]43)[C@@H]2c2cccc(O)c2)C1=O. The number of allylic oxidation sites excluding steroid dienone is 6. The van der Waals surface area contributed by atoms with E-state index in [0.717, 1.165) is 16.7 Å². The van der Waals surface area contributed by atoms with Crippen molar-refractivity contribution in [2.75, 3.05) is 4.90 Å². The van der Waals surface area contributed by atoms with Crippen LogP contribution in [0.4, 0.5) is 5.69 Å². The van der Waals surface area contributed by atoms with Gasteiger partial charge in [0.2, 0.25) is 17.7 Å². The van der Waals surface area contributed by atoms with Gasteiger partial charge in [-0.2, -0.15) is 0 Å². The number of rotatable bonds is 3. The zero-order valence-electron chi connectivity index (χ0n) is 23.7. The summed E-state index contributed by atoms with van der Waals surface area (Å²) in [6.07, 6.45) is 3.89. The van der Waals surface area contributed by atoms with Crippen LogP contribution >= 0.6 is 0 Å². The Bertz CT molecular complexity index is 2010. The van der Waals surface area contributed by atoms with Crippen LogP contribution in [-0.2, 0) is 19.2 Å². The van der Waals surface area contributed by atoms with E-state index in [9.17, 15) is 24.3 Å². The number of hydrogen-bond acceptors (Lipinski definition) is 7. The second-order valence-electron chi connectivity index (χ2n) is 11.9. The number of aromatic hydroxyl groups is 1. The van der Waals surface area contributed by atoms with Crippen molar-refractivity contribution in [3.63, 3.8) is 0 Å². The number of carbonyl (C=O) groups is 4. The lowest BCUT2D eigenvalue weighted by Gasteiger charge is -2.42. The van der Waals surface area contributed by atoms with Gasteiger partial charge in [0.25, 0.3) is 0 Å². The van der Waals surface area contributed by atoms with E-state index in [1.165, 1.54) is 11.0 Å². The lowest BCUT2D eigenvalue weighted by Crippen LogP contribution is -2.39. The number of phenols is 1. The van der Waals surface area contributed by atoms with E-state index in [4.69, 9.17) is 4.42 Å². The number of phenolic OH excluding ortho intramolecular Hbond substituents is 1. The van der Waals surface area contributed by atoms with Gasteiger partial charge in [-0.1, -0.05) is 35.9 Å². The number of hydrogen-bond donors (Lipinski definition) is 1. The number of para-hydroxylation sites is 2. The molecule has 4 aliphatic rings. The number of ketones is 2. The predicted molar refractivity (Wildman–Crippen MR) is 161 cm³/mol. The Morgan fingerprint density at radius 3 is 2.48 bits per heavy atom. The van der Waals surface area contributed by atoms with Gasteiger partial charge in [-0.25, -0.2) is 4.98 Å². The van der Waals surface area contributed by atoms with Crippen molar-refractivity contribution in [1.82, 2.24) is 4.98 Å². The van der Waals surface area contributed by atoms with Crippen molar-refractivity contribution < 1.29 is 28.7 Å². The summed E-state index contributed by atoms with van der Waals surface area (Å²) in [5.74, 6) is -2.84. The van der Waals surface area contributed by atoms with E-state index < -0.39 is 23.7 Å². The standard InChI is InChI=1S/C36H26N2O6/c1-18-15-28(40)32-26(33(18)41)17-25-23(30(32)20-5-4-6-22(39)16-20)13-14-24-31(25)36(43)38(35(24)42)21-11-9-19(10-12-21)34-37-27-7-2-3-8-29(27)44-34/h2-13,15-16,24-25,30-31,39H,14,17H2,1H3/t24-,25+,30-,31-/m0/s1. The summed E-state index contributed by atoms with van der Waals surface area (Å²) < 4.78 is 5.88. The molecule has 1 saturated heterocycles. The summed E-state index contributed by atoms with van der Waals surface area (Å²) in [5.41, 5.74) is 5.25. The average Bonchev–Trinajstić information content (AvgIpc) is 3.57. The summed E-state index contributed by atoms with van der Waals surface area (Å²) >= 11 is 0. The van der Waals surface area contributed by atoms with Gasteiger partial charge in [0.15, 0.2) is 17.1 Å². The first kappa shape index (κ1) is 26.3. The Morgan fingerprint density at radius 2 is 1.70 bits per heavy atom. The minimum Gasteiger partial charge on any atom is -0.508 e. The van der Waals surface area contributed by atoms with Crippen molar-refractivity contribution in [2.24, 2.45) is 17.8 Å². The normalized spacial score (nSPS) is 24.7. The van der Waals surface area contributed by atoms with E-state index in [-0.39, 0.29) is 35.6 Å². The van der Waals surface area contributed by atoms with Crippen molar-refractivity contribution in [3.05, 3.63) is 113 Å². The molecular weight excluding hydrogens is 556 g/mol. The zero-order chi connectivity index (χ0) is 30.3. The van der Waals surface area contributed by atoms with Gasteiger partial charge in [0.05, 0.1) is 17.5 Å². The molecule has 2 amide bonds. The van der Waals surface area contributed by atoms with Gasteiger partial charge in [-0.3, -0.25) is 24.1 Å². The van der Waals surface area contributed by atoms with E-state index >= 15 is 0 Å². The second-order valence-corrected chi connectivity index (χ2v) is 11.9. The number of imide groups is 1. The third-order valence-corrected chi connectivity index (χ3v) is 9.43. The number of oxazole rings is 1. The van der Waals surface area contributed by atoms with E-state index in [0.29, 0.717) is 45.9 Å². The maximum absolute atomic E-state index is 14.2. The molecule has 0 bridgehead atoms. The number of fused-ring (bicyclic) bond motifs is 4. The minimum absolute atomic E-state index is 0.0435. The molecule has 0 saturated carbocycles. The van der Waals surface area contributed by atoms with Gasteiger partial charge in [0, 0.05) is 28.2 Å². The summed E-state index contributed by atoms with van der Waals surface area (Å²) in [6.45, 7) is 1.62. The first-order valence-electron chi connectivity index (χ1n) is 14.6. The molecule has 8 nitrogen and oxygen atoms in total. The smallest absolute Gasteiger partial charge is 0.238 e. The second kappa shape index (κ2) is 9.57. The third-order valence-electron chi connectivity index (χ3n) is 9.43. The molecule has 2 heterocycles. The molecule has 4 atom stereocenters. The third kappa shape index (κ3) is 3.80. The summed E-state index contributed by atoms with van der Waals surface area (Å²) in [5, 5.41) is 10.3. The molecular formula is C36H26N2O6. The van der Waals surface area contributed by atoms with Crippen LogP contribution in [0, 0.1) is 17.8 Å². The fourth-order valence-electron chi connectivity index (χ4n) is 7.47. The molecule has 1 fully saturated rings. The van der Waals surface area contributed by atoms with Gasteiger partial charge >= 0.3 is 0 Å². The number of benzene rings is 3. The topological polar surface area (TPSA) is 118 Å². The highest BCUT2D eigenvalue weighted by Gasteiger charge is 2.56. The van der Waals surface area contributed by atoms with Crippen LogP contribution in [0.1, 0.15) is 31.2 Å². The molecule has 3 aliphatic carbocycles. The van der Waals surface area contributed by atoms with Crippen molar-refractivity contribution >= 4 is 40.2 Å². The van der Waals surface area contributed by atoms with Crippen LogP contribution in [0.5, 0.6) is 5.75 Å². The Hall–Kier alpha value is -5.37. The van der Waals surface area contributed by atoms with Crippen molar-refractivity contribution in [1.29, 1.82) is 0 Å². The number of aromatic nitrogens is 1. The first-order valence-corrected chi connectivity index (χ1v) is 14.6. The number of nitrogens with zero attached hydrogens (tertiary/aromatic N) is 2. The Morgan fingerprint density at radius 1 is 0.909 bits per heavy atom. The molecule has 0 radical (unpaired) electrons. The molecule has 8 heteroatoms. The van der Waals surface area contributed by atoms with Crippen LogP contribution in [0.3, 0.4) is 0 Å². The van der Waals surface area contributed by atoms with Crippen molar-refractivity contribution in [2.45, 2.75) is 25.7 Å². The average molecular weight is 583 g/mol. The molecule has 4 aromatic rings. The molecule has 1 aromatic heterocycles. The number of anilines is 1. The predicted octanol–water partition coefficient (Wildman–Crippen LogP) is 5.83. The van der Waals surface area contributed by atoms with E-state index in [2.05, 4.69) is 4.98 Å². The highest BCUT2D eigenvalue weighted by atomic mass is 16.3. The first-order chi connectivity index (χ1) is 21.3. The highest BCUT2D eigenvalue weighted by molar-refractivity contribution is 6.25. The van der Waals surface area contributed by atoms with Crippen LogP contribution in [-0.4, -0.2) is 33.5 Å². The van der Waals surface area contributed by atoms with Gasteiger partial charge in [-0.15, -0.1) is 0 Å². The minimum atomic E-state index is -0.679. The monoisotopic (exact) mass is 582 g/mol. The lowest BCUT2D eigenvalue weighted by molar-refractivity contribution is -0.123. The molecule has 8 rings (SSSR count). The van der Waals surface area contributed by atoms with Gasteiger partial charge in [-0.05, 0) is 85.9 Å². The summed E-state index contributed by atoms with van der Waals surface area (Å²) in [4.78, 5) is 60.6. The molecule has 1 N–H and O–H groups in total. The Balaban J connectivity index is 1.16. The van der Waals surface area contributed by atoms with Crippen LogP contribution < -0.4 is 4.90 Å². The Kier molecular flexibility index (Phi) is 5.71. The summed E-state index contributed by atoms with van der Waals surface area (Å²) in [7, 11) is 0. The number of Topliss-reactive ketones (excluding diaryl/α,β-unsaturated/α-hetero) is 1. The molecule has 0 unspecified atom stereocenters. The largest absolute Gasteiger partial charge is 0.508 e. The number of carbonyl (C=O) groups excluding carboxylic acids is 4.